The Balaban J connectivity index is 2.50. The summed E-state index contributed by atoms with van der Waals surface area (Å²) in [4.78, 5) is 1.55. The SMILES string of the molecule is [2H]C1([2H])/C(=C\F)C[C@]2(C([2H])([2H])C(C)C)CCCN12. The molecule has 0 radical (unpaired) electrons. The van der Waals surface area contributed by atoms with Crippen LogP contribution in [0.5, 0.6) is 0 Å². The van der Waals surface area contributed by atoms with Gasteiger partial charge in [-0.25, -0.2) is 4.39 Å². The van der Waals surface area contributed by atoms with Crippen LogP contribution >= 0.6 is 0 Å². The second-order valence-corrected chi connectivity index (χ2v) is 4.51. The molecule has 14 heavy (non-hydrogen) atoms. The summed E-state index contributed by atoms with van der Waals surface area (Å²) in [5.41, 5.74) is -0.811. The van der Waals surface area contributed by atoms with Gasteiger partial charge in [0.1, 0.15) is 0 Å². The van der Waals surface area contributed by atoms with Crippen LogP contribution in [0.3, 0.4) is 0 Å². The minimum Gasteiger partial charge on any atom is -0.293 e. The van der Waals surface area contributed by atoms with Gasteiger partial charge in [0.2, 0.25) is 0 Å². The van der Waals surface area contributed by atoms with Crippen LogP contribution in [0.2, 0.25) is 0 Å². The molecular weight excluding hydrogens is 177 g/mol. The van der Waals surface area contributed by atoms with E-state index in [0.29, 0.717) is 19.3 Å². The predicted octanol–water partition coefficient (Wildman–Crippen LogP) is 3.12. The van der Waals surface area contributed by atoms with Crippen LogP contribution in [0.15, 0.2) is 11.9 Å². The van der Waals surface area contributed by atoms with Crippen LogP contribution in [0.25, 0.3) is 0 Å². The van der Waals surface area contributed by atoms with Crippen molar-refractivity contribution in [3.63, 3.8) is 0 Å². The van der Waals surface area contributed by atoms with Crippen molar-refractivity contribution in [2.45, 2.75) is 45.0 Å². The summed E-state index contributed by atoms with van der Waals surface area (Å²) in [7, 11) is 0. The zero-order valence-electron chi connectivity index (χ0n) is 12.8. The second-order valence-electron chi connectivity index (χ2n) is 4.51. The molecule has 0 unspecified atom stereocenters. The first-order chi connectivity index (χ1) is 8.20. The van der Waals surface area contributed by atoms with Gasteiger partial charge >= 0.3 is 0 Å². The van der Waals surface area contributed by atoms with E-state index in [9.17, 15) is 4.39 Å². The first-order valence-corrected chi connectivity index (χ1v) is 5.27. The van der Waals surface area contributed by atoms with Crippen LogP contribution in [-0.2, 0) is 0 Å². The fourth-order valence-corrected chi connectivity index (χ4v) is 2.55. The summed E-state index contributed by atoms with van der Waals surface area (Å²) in [6.45, 7) is 2.25. The lowest BCUT2D eigenvalue weighted by Crippen LogP contribution is -2.39. The topological polar surface area (TPSA) is 3.24 Å². The van der Waals surface area contributed by atoms with Gasteiger partial charge in [0.25, 0.3) is 0 Å². The minimum atomic E-state index is -1.85. The van der Waals surface area contributed by atoms with Gasteiger partial charge in [0.15, 0.2) is 0 Å². The van der Waals surface area contributed by atoms with E-state index < -0.39 is 18.4 Å². The van der Waals surface area contributed by atoms with E-state index in [1.807, 2.05) is 0 Å². The van der Waals surface area contributed by atoms with E-state index in [2.05, 4.69) is 0 Å². The van der Waals surface area contributed by atoms with Gasteiger partial charge in [0.05, 0.1) is 6.33 Å². The molecule has 0 aliphatic carbocycles. The molecule has 0 bridgehead atoms. The molecule has 2 heterocycles. The third kappa shape index (κ3) is 1.60. The molecule has 0 amide bonds. The van der Waals surface area contributed by atoms with Crippen molar-refractivity contribution in [2.24, 2.45) is 5.92 Å². The Hall–Kier alpha value is -0.370. The van der Waals surface area contributed by atoms with Crippen LogP contribution in [0.4, 0.5) is 4.39 Å². The van der Waals surface area contributed by atoms with Gasteiger partial charge in [-0.3, -0.25) is 4.90 Å². The number of rotatable bonds is 2. The Kier molecular flexibility index (Phi) is 1.63. The number of nitrogens with zero attached hydrogens (tertiary/aromatic N) is 1. The van der Waals surface area contributed by atoms with E-state index in [0.717, 1.165) is 6.42 Å². The normalized spacial score (nSPS) is 44.7. The summed E-state index contributed by atoms with van der Waals surface area (Å²) in [6.07, 6.45) is 0.320. The van der Waals surface area contributed by atoms with Gasteiger partial charge in [-0.15, -0.1) is 0 Å². The number of hydrogen-bond donors (Lipinski definition) is 0. The van der Waals surface area contributed by atoms with Crippen LogP contribution < -0.4 is 0 Å². The lowest BCUT2D eigenvalue weighted by atomic mass is 9.84. The van der Waals surface area contributed by atoms with Crippen molar-refractivity contribution in [3.05, 3.63) is 11.9 Å². The minimum absolute atomic E-state index is 0.0757. The van der Waals surface area contributed by atoms with Crippen molar-refractivity contribution >= 4 is 0 Å². The Morgan fingerprint density at radius 2 is 2.57 bits per heavy atom. The molecule has 0 aromatic heterocycles. The van der Waals surface area contributed by atoms with Crippen molar-refractivity contribution in [2.75, 3.05) is 13.0 Å². The highest BCUT2D eigenvalue weighted by Gasteiger charge is 2.46. The molecule has 0 aromatic rings. The molecule has 0 N–H and O–H groups in total. The molecule has 0 aromatic carbocycles. The second kappa shape index (κ2) is 3.65. The monoisotopic (exact) mass is 201 g/mol. The van der Waals surface area contributed by atoms with Gasteiger partial charge in [-0.2, -0.15) is 0 Å². The molecule has 80 valence electrons. The van der Waals surface area contributed by atoms with E-state index in [1.165, 1.54) is 0 Å². The Labute approximate surface area is 91.6 Å². The highest BCUT2D eigenvalue weighted by molar-refractivity contribution is 5.18. The van der Waals surface area contributed by atoms with E-state index in [1.54, 1.807) is 18.7 Å². The summed E-state index contributed by atoms with van der Waals surface area (Å²) >= 11 is 0. The highest BCUT2D eigenvalue weighted by atomic mass is 19.1. The molecule has 2 aliphatic rings. The molecule has 2 fully saturated rings. The largest absolute Gasteiger partial charge is 0.293 e. The van der Waals surface area contributed by atoms with Gasteiger partial charge in [-0.05, 0) is 43.7 Å². The molecule has 0 saturated carbocycles. The summed E-state index contributed by atoms with van der Waals surface area (Å²) in [5.74, 6) is -0.229. The third-order valence-corrected chi connectivity index (χ3v) is 2.94. The van der Waals surface area contributed by atoms with Crippen molar-refractivity contribution < 1.29 is 9.87 Å². The smallest absolute Gasteiger partial charge is 0.0872 e. The average Bonchev–Trinajstić information content (AvgIpc) is 2.78. The molecular formula is C12H20FN. The van der Waals surface area contributed by atoms with Crippen molar-refractivity contribution in [1.29, 1.82) is 0 Å². The number of fused-ring (bicyclic) bond motifs is 1. The Bertz CT molecular complexity index is 380. The third-order valence-electron chi connectivity index (χ3n) is 2.94. The molecule has 1 atom stereocenters. The summed E-state index contributed by atoms with van der Waals surface area (Å²) in [5, 5.41) is 0. The Morgan fingerprint density at radius 3 is 3.21 bits per heavy atom. The zero-order chi connectivity index (χ0) is 13.8. The van der Waals surface area contributed by atoms with E-state index >= 15 is 0 Å². The Morgan fingerprint density at radius 1 is 1.79 bits per heavy atom. The number of halogens is 1. The zero-order valence-corrected chi connectivity index (χ0v) is 8.81. The fraction of sp³-hybridized carbons (Fsp3) is 0.833. The predicted molar refractivity (Wildman–Crippen MR) is 56.8 cm³/mol. The van der Waals surface area contributed by atoms with E-state index in [-0.39, 0.29) is 17.9 Å². The molecule has 0 spiro atoms. The van der Waals surface area contributed by atoms with E-state index in [4.69, 9.17) is 5.48 Å². The maximum Gasteiger partial charge on any atom is 0.0872 e. The lowest BCUT2D eigenvalue weighted by Gasteiger charge is -2.33. The molecule has 2 aliphatic heterocycles. The number of hydrogen-bond acceptors (Lipinski definition) is 1. The first kappa shape index (κ1) is 6.26. The molecule has 2 saturated heterocycles. The molecule has 1 nitrogen and oxygen atoms in total. The van der Waals surface area contributed by atoms with Crippen LogP contribution in [0.1, 0.15) is 45.0 Å². The highest BCUT2D eigenvalue weighted by Crippen LogP contribution is 2.45. The maximum atomic E-state index is 12.9. The van der Waals surface area contributed by atoms with Gasteiger partial charge < -0.3 is 0 Å². The molecule has 2 heteroatoms. The summed E-state index contributed by atoms with van der Waals surface area (Å²) in [6, 6.07) is 0. The molecule has 2 rings (SSSR count). The van der Waals surface area contributed by atoms with Crippen molar-refractivity contribution in [1.82, 2.24) is 4.90 Å². The first-order valence-electron chi connectivity index (χ1n) is 7.27. The van der Waals surface area contributed by atoms with Crippen LogP contribution in [0, 0.1) is 5.92 Å². The summed E-state index contributed by atoms with van der Waals surface area (Å²) < 4.78 is 45.7. The van der Waals surface area contributed by atoms with Crippen LogP contribution in [-0.4, -0.2) is 23.5 Å². The van der Waals surface area contributed by atoms with Crippen molar-refractivity contribution in [3.8, 4) is 0 Å². The quantitative estimate of drug-likeness (QED) is 0.663. The van der Waals surface area contributed by atoms with Gasteiger partial charge in [-0.1, -0.05) is 13.8 Å². The fourth-order valence-electron chi connectivity index (χ4n) is 2.55. The maximum absolute atomic E-state index is 12.9. The lowest BCUT2D eigenvalue weighted by molar-refractivity contribution is 0.163. The average molecular weight is 201 g/mol. The van der Waals surface area contributed by atoms with Gasteiger partial charge in [0, 0.05) is 17.5 Å². The standard InChI is InChI=1S/C12H20FN/c1-10(2)6-12-4-3-5-14(12)9-11(7-12)8-13/h8,10H,3-7,9H2,1-2H3/b11-8-/t12-/m1/s1/i6D2,9D2.